The maximum atomic E-state index is 14.2. The number of anilines is 1. The fourth-order valence-corrected chi connectivity index (χ4v) is 6.97. The molecule has 12 heteroatoms. The van der Waals surface area contributed by atoms with Gasteiger partial charge in [0.2, 0.25) is 11.8 Å². The van der Waals surface area contributed by atoms with E-state index in [9.17, 15) is 18.0 Å². The minimum Gasteiger partial charge on any atom is -0.496 e. The molecule has 3 aromatic carbocycles. The van der Waals surface area contributed by atoms with Crippen LogP contribution in [0.3, 0.4) is 0 Å². The van der Waals surface area contributed by atoms with Crippen LogP contribution in [0, 0.1) is 6.92 Å². The van der Waals surface area contributed by atoms with Gasteiger partial charge >= 0.3 is 0 Å². The molecule has 0 fully saturated rings. The third-order valence-corrected chi connectivity index (χ3v) is 10.0. The molecule has 0 heterocycles. The van der Waals surface area contributed by atoms with Crippen molar-refractivity contribution >= 4 is 66.7 Å². The standard InChI is InChI=1S/C31H36BrCl2N3O5S/c1-6-21(4)35-31(39)28(7-2)36(18-22-10-11-23(33)16-27(22)34)30(38)19-37(24-12-8-20(3)9-13-24)43(40,41)25-14-15-29(42-5)26(32)17-25/h8-17,21,28H,6-7,18-19H2,1-5H3,(H,35,39)/t21-,28-/m0/s1. The van der Waals surface area contributed by atoms with Crippen molar-refractivity contribution < 1.29 is 22.7 Å². The molecule has 0 radical (unpaired) electrons. The van der Waals surface area contributed by atoms with E-state index < -0.39 is 28.5 Å². The third kappa shape index (κ3) is 8.65. The molecule has 43 heavy (non-hydrogen) atoms. The molecule has 0 aliphatic rings. The largest absolute Gasteiger partial charge is 0.496 e. The van der Waals surface area contributed by atoms with Crippen molar-refractivity contribution in [2.45, 2.75) is 64.1 Å². The van der Waals surface area contributed by atoms with Gasteiger partial charge in [-0.3, -0.25) is 13.9 Å². The Hall–Kier alpha value is -2.79. The average molecular weight is 714 g/mol. The van der Waals surface area contributed by atoms with Gasteiger partial charge in [0.15, 0.2) is 0 Å². The Morgan fingerprint density at radius 1 is 1.00 bits per heavy atom. The topological polar surface area (TPSA) is 96.0 Å². The lowest BCUT2D eigenvalue weighted by Gasteiger charge is -2.34. The quantitative estimate of drug-likeness (QED) is 0.206. The number of sulfonamides is 1. The van der Waals surface area contributed by atoms with Crippen molar-refractivity contribution in [3.05, 3.63) is 86.3 Å². The minimum atomic E-state index is -4.25. The first-order chi connectivity index (χ1) is 20.3. The zero-order chi connectivity index (χ0) is 31.9. The molecule has 0 bridgehead atoms. The van der Waals surface area contributed by atoms with Crippen LogP contribution >= 0.6 is 39.1 Å². The van der Waals surface area contributed by atoms with Crippen LogP contribution in [-0.2, 0) is 26.2 Å². The van der Waals surface area contributed by atoms with Gasteiger partial charge in [0.25, 0.3) is 10.0 Å². The minimum absolute atomic E-state index is 0.0306. The van der Waals surface area contributed by atoms with Crippen LogP contribution in [0.1, 0.15) is 44.7 Å². The molecule has 232 valence electrons. The predicted octanol–water partition coefficient (Wildman–Crippen LogP) is 6.99. The Labute approximate surface area is 272 Å². The zero-order valence-corrected chi connectivity index (χ0v) is 28.6. The number of nitrogens with one attached hydrogen (secondary N) is 1. The summed E-state index contributed by atoms with van der Waals surface area (Å²) in [4.78, 5) is 29.0. The Bertz CT molecular complexity index is 1550. The molecular formula is C31H36BrCl2N3O5S. The molecule has 0 saturated heterocycles. The smallest absolute Gasteiger partial charge is 0.264 e. The summed E-state index contributed by atoms with van der Waals surface area (Å²) in [6.45, 7) is 6.92. The average Bonchev–Trinajstić information content (AvgIpc) is 2.97. The summed E-state index contributed by atoms with van der Waals surface area (Å²) in [6, 6.07) is 15.1. The Morgan fingerprint density at radius 3 is 2.23 bits per heavy atom. The maximum absolute atomic E-state index is 14.2. The van der Waals surface area contributed by atoms with Crippen LogP contribution in [0.2, 0.25) is 10.0 Å². The van der Waals surface area contributed by atoms with Crippen molar-refractivity contribution in [2.75, 3.05) is 18.0 Å². The molecule has 0 aromatic heterocycles. The van der Waals surface area contributed by atoms with Gasteiger partial charge in [-0.25, -0.2) is 8.42 Å². The molecule has 0 aliphatic heterocycles. The molecule has 0 saturated carbocycles. The predicted molar refractivity (Wildman–Crippen MR) is 175 cm³/mol. The molecule has 2 amide bonds. The van der Waals surface area contributed by atoms with Crippen molar-refractivity contribution in [1.29, 1.82) is 0 Å². The first-order valence-electron chi connectivity index (χ1n) is 13.8. The summed E-state index contributed by atoms with van der Waals surface area (Å²) in [5.74, 6) is -0.450. The highest BCUT2D eigenvalue weighted by Crippen LogP contribution is 2.31. The molecule has 3 rings (SSSR count). The number of carbonyl (C=O) groups is 2. The number of ether oxygens (including phenoxy) is 1. The maximum Gasteiger partial charge on any atom is 0.264 e. The summed E-state index contributed by atoms with van der Waals surface area (Å²) in [6.07, 6.45) is 0.998. The lowest BCUT2D eigenvalue weighted by molar-refractivity contribution is -0.140. The first kappa shape index (κ1) is 34.7. The van der Waals surface area contributed by atoms with Gasteiger partial charge in [-0.1, -0.05) is 60.8 Å². The van der Waals surface area contributed by atoms with Crippen LogP contribution in [0.15, 0.2) is 70.0 Å². The first-order valence-corrected chi connectivity index (χ1v) is 16.8. The van der Waals surface area contributed by atoms with E-state index in [0.717, 1.165) is 9.87 Å². The number of amides is 2. The molecule has 0 unspecified atom stereocenters. The van der Waals surface area contributed by atoms with Gasteiger partial charge < -0.3 is 15.0 Å². The highest BCUT2D eigenvalue weighted by atomic mass is 79.9. The van der Waals surface area contributed by atoms with Crippen molar-refractivity contribution in [1.82, 2.24) is 10.2 Å². The second kappa shape index (κ2) is 15.3. The number of hydrogen-bond donors (Lipinski definition) is 1. The number of nitrogens with zero attached hydrogens (tertiary/aromatic N) is 2. The number of aryl methyl sites for hydroxylation is 1. The molecule has 1 N–H and O–H groups in total. The number of rotatable bonds is 13. The van der Waals surface area contributed by atoms with Crippen LogP contribution in [-0.4, -0.2) is 50.9 Å². The molecule has 0 aliphatic carbocycles. The Kier molecular flexibility index (Phi) is 12.3. The van der Waals surface area contributed by atoms with Gasteiger partial charge in [-0.05, 0) is 90.6 Å². The van der Waals surface area contributed by atoms with E-state index in [-0.39, 0.29) is 23.4 Å². The summed E-state index contributed by atoms with van der Waals surface area (Å²) >= 11 is 15.9. The number of halogens is 3. The van der Waals surface area contributed by atoms with E-state index in [1.54, 1.807) is 49.4 Å². The van der Waals surface area contributed by atoms with Crippen LogP contribution in [0.25, 0.3) is 0 Å². The van der Waals surface area contributed by atoms with Gasteiger partial charge in [-0.15, -0.1) is 0 Å². The fraction of sp³-hybridized carbons (Fsp3) is 0.355. The van der Waals surface area contributed by atoms with E-state index in [1.165, 1.54) is 30.2 Å². The van der Waals surface area contributed by atoms with E-state index >= 15 is 0 Å². The van der Waals surface area contributed by atoms with Crippen molar-refractivity contribution in [3.63, 3.8) is 0 Å². The highest BCUT2D eigenvalue weighted by molar-refractivity contribution is 9.10. The van der Waals surface area contributed by atoms with Crippen LogP contribution in [0.5, 0.6) is 5.75 Å². The SMILES string of the molecule is CC[C@H](C)NC(=O)[C@H](CC)N(Cc1ccc(Cl)cc1Cl)C(=O)CN(c1ccc(C)cc1)S(=O)(=O)c1ccc(OC)c(Br)c1. The second-order valence-corrected chi connectivity index (χ2v) is 13.7. The lowest BCUT2D eigenvalue weighted by atomic mass is 10.1. The number of hydrogen-bond acceptors (Lipinski definition) is 5. The zero-order valence-electron chi connectivity index (χ0n) is 24.7. The monoisotopic (exact) mass is 711 g/mol. The normalized spacial score (nSPS) is 12.7. The summed E-state index contributed by atoms with van der Waals surface area (Å²) in [5.41, 5.74) is 1.79. The van der Waals surface area contributed by atoms with E-state index in [4.69, 9.17) is 27.9 Å². The molecular weight excluding hydrogens is 677 g/mol. The molecule has 0 spiro atoms. The Morgan fingerprint density at radius 2 is 1.67 bits per heavy atom. The van der Waals surface area contributed by atoms with Crippen molar-refractivity contribution in [2.24, 2.45) is 0 Å². The fourth-order valence-electron chi connectivity index (χ4n) is 4.37. The van der Waals surface area contributed by atoms with Gasteiger partial charge in [0.1, 0.15) is 18.3 Å². The summed E-state index contributed by atoms with van der Waals surface area (Å²) in [7, 11) is -2.77. The third-order valence-electron chi connectivity index (χ3n) is 7.05. The molecule has 3 aromatic rings. The van der Waals surface area contributed by atoms with Gasteiger partial charge in [-0.2, -0.15) is 0 Å². The number of benzene rings is 3. The van der Waals surface area contributed by atoms with E-state index in [0.29, 0.717) is 44.4 Å². The van der Waals surface area contributed by atoms with Crippen LogP contribution in [0.4, 0.5) is 5.69 Å². The van der Waals surface area contributed by atoms with E-state index in [1.807, 2.05) is 20.8 Å². The summed E-state index contributed by atoms with van der Waals surface area (Å²) < 4.78 is 35.0. The number of carbonyl (C=O) groups excluding carboxylic acids is 2. The van der Waals surface area contributed by atoms with Crippen LogP contribution < -0.4 is 14.4 Å². The molecule has 2 atom stereocenters. The summed E-state index contributed by atoms with van der Waals surface area (Å²) in [5, 5.41) is 3.71. The van der Waals surface area contributed by atoms with Gasteiger partial charge in [0, 0.05) is 22.6 Å². The van der Waals surface area contributed by atoms with Gasteiger partial charge in [0.05, 0.1) is 22.2 Å². The van der Waals surface area contributed by atoms with Crippen molar-refractivity contribution in [3.8, 4) is 5.75 Å². The lowest BCUT2D eigenvalue weighted by Crippen LogP contribution is -2.53. The number of methoxy groups -OCH3 is 1. The molecule has 8 nitrogen and oxygen atoms in total. The second-order valence-electron chi connectivity index (χ2n) is 10.1. The van der Waals surface area contributed by atoms with E-state index in [2.05, 4.69) is 21.2 Å². The Balaban J connectivity index is 2.10. The highest BCUT2D eigenvalue weighted by Gasteiger charge is 2.34.